The van der Waals surface area contributed by atoms with Gasteiger partial charge in [-0.3, -0.25) is 33.7 Å². The second-order valence-electron chi connectivity index (χ2n) is 9.84. The number of likely N-dealkylation sites (N-methyl/N-ethyl adjacent to an activating group) is 1. The summed E-state index contributed by atoms with van der Waals surface area (Å²) in [6.07, 6.45) is -2.08. The monoisotopic (exact) mass is 472 g/mol. The Morgan fingerprint density at radius 3 is 2.18 bits per heavy atom. The number of hydrogen-bond acceptors (Lipinski definition) is 10. The van der Waals surface area contributed by atoms with Crippen molar-refractivity contribution in [1.82, 2.24) is 4.90 Å². The van der Waals surface area contributed by atoms with Gasteiger partial charge in [-0.25, -0.2) is 0 Å². The number of carbonyl (C=O) groups is 6. The zero-order valence-electron chi connectivity index (χ0n) is 18.9. The van der Waals surface area contributed by atoms with Crippen LogP contribution in [0.3, 0.4) is 0 Å². The summed E-state index contributed by atoms with van der Waals surface area (Å²) in [4.78, 5) is 80.9. The number of amides is 1. The van der Waals surface area contributed by atoms with Gasteiger partial charge in [0.2, 0.25) is 5.91 Å². The third-order valence-corrected chi connectivity index (χ3v) is 7.96. The van der Waals surface area contributed by atoms with E-state index in [-0.39, 0.29) is 5.56 Å². The SMILES string of the molecule is CN(C)[C@@H]1C(=O)C(C(N)=O)C(=O)[C@@]2(O)C(=O)C3C(=O)c4c(O)cccc4C(=O)[C@@]3(C)[C@H](O)[C@@]12C. The number of Topliss-reactive ketones (excluding diaryl/α,β-unsaturated/α-hetero) is 5. The fourth-order valence-corrected chi connectivity index (χ4v) is 6.38. The van der Waals surface area contributed by atoms with E-state index in [1.165, 1.54) is 31.1 Å². The van der Waals surface area contributed by atoms with E-state index in [4.69, 9.17) is 5.73 Å². The standard InChI is InChI=1S/C23H24N2O9/c1-21-12(13(27)10-8(16(21)29)6-5-7-9(10)26)18(31)23(34)17(30)11(19(24)32)14(28)15(25(3)4)22(23,2)20(21)33/h5-7,11-12,15,20,26,33-34H,1-4H3,(H2,24,32)/t11?,12?,15-,20+,21+,22-,23-/m1/s1. The van der Waals surface area contributed by atoms with Gasteiger partial charge in [-0.2, -0.15) is 0 Å². The zero-order valence-corrected chi connectivity index (χ0v) is 18.9. The highest BCUT2D eigenvalue weighted by molar-refractivity contribution is 6.35. The van der Waals surface area contributed by atoms with Crippen LogP contribution < -0.4 is 5.73 Å². The number of phenolic OH excluding ortho intramolecular Hbond substituents is 1. The van der Waals surface area contributed by atoms with Crippen molar-refractivity contribution in [3.63, 3.8) is 0 Å². The minimum Gasteiger partial charge on any atom is -0.507 e. The molecule has 4 rings (SSSR count). The summed E-state index contributed by atoms with van der Waals surface area (Å²) in [5.41, 5.74) is -3.18. The van der Waals surface area contributed by atoms with Gasteiger partial charge >= 0.3 is 0 Å². The molecule has 1 aromatic rings. The Labute approximate surface area is 193 Å². The molecule has 0 aromatic heterocycles. The lowest BCUT2D eigenvalue weighted by Crippen LogP contribution is -2.84. The maximum absolute atomic E-state index is 13.9. The first-order valence-corrected chi connectivity index (χ1v) is 10.5. The van der Waals surface area contributed by atoms with E-state index in [2.05, 4.69) is 0 Å². The van der Waals surface area contributed by atoms with Crippen molar-refractivity contribution >= 4 is 34.8 Å². The normalized spacial score (nSPS) is 39.6. The molecular formula is C23H24N2O9. The van der Waals surface area contributed by atoms with Gasteiger partial charge in [0, 0.05) is 5.56 Å². The molecule has 2 fully saturated rings. The van der Waals surface area contributed by atoms with Gasteiger partial charge in [0.25, 0.3) is 0 Å². The number of ketones is 5. The first-order valence-electron chi connectivity index (χ1n) is 10.5. The van der Waals surface area contributed by atoms with E-state index in [0.717, 1.165) is 19.9 Å². The van der Waals surface area contributed by atoms with Crippen LogP contribution in [0, 0.1) is 22.7 Å². The molecule has 0 heterocycles. The fourth-order valence-electron chi connectivity index (χ4n) is 6.38. The van der Waals surface area contributed by atoms with Crippen LogP contribution in [0.1, 0.15) is 34.6 Å². The fraction of sp³-hybridized carbons (Fsp3) is 0.478. The van der Waals surface area contributed by atoms with E-state index in [9.17, 15) is 44.1 Å². The Balaban J connectivity index is 2.09. The third kappa shape index (κ3) is 2.31. The van der Waals surface area contributed by atoms with E-state index in [1.807, 2.05) is 0 Å². The molecule has 3 aliphatic rings. The Morgan fingerprint density at radius 2 is 1.65 bits per heavy atom. The Bertz CT molecular complexity index is 1220. The van der Waals surface area contributed by atoms with Crippen LogP contribution in [-0.2, 0) is 19.2 Å². The number of aliphatic hydroxyl groups excluding tert-OH is 1. The van der Waals surface area contributed by atoms with E-state index in [0.29, 0.717) is 0 Å². The van der Waals surface area contributed by atoms with Gasteiger partial charge in [0.1, 0.15) is 5.75 Å². The van der Waals surface area contributed by atoms with Crippen molar-refractivity contribution in [2.45, 2.75) is 31.6 Å². The van der Waals surface area contributed by atoms with Crippen LogP contribution in [0.15, 0.2) is 18.2 Å². The topological polar surface area (TPSA) is 192 Å². The second-order valence-corrected chi connectivity index (χ2v) is 9.84. The third-order valence-electron chi connectivity index (χ3n) is 7.96. The number of hydrogen-bond donors (Lipinski definition) is 4. The molecule has 1 aromatic carbocycles. The minimum atomic E-state index is -3.21. The number of aromatic hydroxyl groups is 1. The molecule has 11 heteroatoms. The summed E-state index contributed by atoms with van der Waals surface area (Å²) in [7, 11) is 2.74. The lowest BCUT2D eigenvalue weighted by atomic mass is 9.40. The molecule has 7 atom stereocenters. The highest BCUT2D eigenvalue weighted by atomic mass is 16.3. The molecule has 2 unspecified atom stereocenters. The van der Waals surface area contributed by atoms with Crippen molar-refractivity contribution in [2.24, 2.45) is 28.4 Å². The molecule has 3 aliphatic carbocycles. The van der Waals surface area contributed by atoms with Gasteiger partial charge < -0.3 is 21.1 Å². The number of aliphatic hydroxyl groups is 2. The molecule has 2 saturated carbocycles. The molecule has 11 nitrogen and oxygen atoms in total. The van der Waals surface area contributed by atoms with Crippen LogP contribution >= 0.6 is 0 Å². The maximum Gasteiger partial charge on any atom is 0.235 e. The molecule has 5 N–H and O–H groups in total. The van der Waals surface area contributed by atoms with Crippen molar-refractivity contribution in [3.05, 3.63) is 29.3 Å². The number of fused-ring (bicyclic) bond motifs is 3. The highest BCUT2D eigenvalue weighted by Gasteiger charge is 2.81. The molecule has 0 saturated heterocycles. The largest absolute Gasteiger partial charge is 0.507 e. The molecule has 0 bridgehead atoms. The number of benzene rings is 1. The number of rotatable bonds is 2. The first-order chi connectivity index (χ1) is 15.6. The van der Waals surface area contributed by atoms with Crippen molar-refractivity contribution in [1.29, 1.82) is 0 Å². The average molecular weight is 472 g/mol. The molecule has 0 radical (unpaired) electrons. The smallest absolute Gasteiger partial charge is 0.235 e. The maximum atomic E-state index is 13.9. The van der Waals surface area contributed by atoms with Crippen LogP contribution in [0.5, 0.6) is 5.75 Å². The molecule has 34 heavy (non-hydrogen) atoms. The van der Waals surface area contributed by atoms with Gasteiger partial charge in [0.05, 0.1) is 34.5 Å². The second kappa shape index (κ2) is 6.87. The summed E-state index contributed by atoms with van der Waals surface area (Å²) >= 11 is 0. The lowest BCUT2D eigenvalue weighted by molar-refractivity contribution is -0.227. The van der Waals surface area contributed by atoms with Crippen LogP contribution in [-0.4, -0.2) is 86.9 Å². The van der Waals surface area contributed by atoms with Crippen LogP contribution in [0.25, 0.3) is 0 Å². The lowest BCUT2D eigenvalue weighted by Gasteiger charge is -2.63. The number of primary amides is 1. The predicted octanol–water partition coefficient (Wildman–Crippen LogP) is -1.74. The van der Waals surface area contributed by atoms with Gasteiger partial charge in [-0.15, -0.1) is 0 Å². The zero-order chi connectivity index (χ0) is 25.7. The number of phenols is 1. The van der Waals surface area contributed by atoms with E-state index in [1.54, 1.807) is 0 Å². The summed E-state index contributed by atoms with van der Waals surface area (Å²) in [5.74, 6) is -12.3. The van der Waals surface area contributed by atoms with Crippen LogP contribution in [0.2, 0.25) is 0 Å². The Kier molecular flexibility index (Phi) is 4.82. The first kappa shape index (κ1) is 23.9. The number of nitrogens with zero attached hydrogens (tertiary/aromatic N) is 1. The van der Waals surface area contributed by atoms with Gasteiger partial charge in [-0.05, 0) is 27.1 Å². The molecule has 0 aliphatic heterocycles. The van der Waals surface area contributed by atoms with Crippen molar-refractivity contribution in [2.75, 3.05) is 14.1 Å². The van der Waals surface area contributed by atoms with E-state index >= 15 is 0 Å². The van der Waals surface area contributed by atoms with Gasteiger partial charge in [-0.1, -0.05) is 19.1 Å². The summed E-state index contributed by atoms with van der Waals surface area (Å²) in [6, 6.07) is 2.09. The highest BCUT2D eigenvalue weighted by Crippen LogP contribution is 2.61. The van der Waals surface area contributed by atoms with Crippen LogP contribution in [0.4, 0.5) is 0 Å². The van der Waals surface area contributed by atoms with E-state index < -0.39 is 86.5 Å². The Hall–Kier alpha value is -3.28. The number of carbonyl (C=O) groups excluding carboxylic acids is 6. The van der Waals surface area contributed by atoms with Crippen molar-refractivity contribution in [3.8, 4) is 5.75 Å². The van der Waals surface area contributed by atoms with Crippen molar-refractivity contribution < 1.29 is 44.1 Å². The number of nitrogens with two attached hydrogens (primary N) is 1. The Morgan fingerprint density at radius 1 is 1.06 bits per heavy atom. The average Bonchev–Trinajstić information content (AvgIpc) is 2.73. The molecule has 180 valence electrons. The predicted molar refractivity (Wildman–Crippen MR) is 113 cm³/mol. The summed E-state index contributed by atoms with van der Waals surface area (Å²) in [5, 5.41) is 33.6. The van der Waals surface area contributed by atoms with Gasteiger partial charge in [0.15, 0.2) is 40.4 Å². The molecule has 1 amide bonds. The molecule has 0 spiro atoms. The summed E-state index contributed by atoms with van der Waals surface area (Å²) in [6.45, 7) is 2.25. The quantitative estimate of drug-likeness (QED) is 0.359. The molecular weight excluding hydrogens is 448 g/mol. The minimum absolute atomic E-state index is 0.241. The summed E-state index contributed by atoms with van der Waals surface area (Å²) < 4.78 is 0.